The minimum Gasteiger partial charge on any atom is -0.454 e. The van der Waals surface area contributed by atoms with E-state index in [1.807, 2.05) is 54.8 Å². The van der Waals surface area contributed by atoms with Gasteiger partial charge in [-0.25, -0.2) is 0 Å². The average molecular weight is 341 g/mol. The number of carbonyl (C=O) groups is 1. The number of para-hydroxylation sites is 1. The number of anilines is 1. The molecule has 1 aliphatic heterocycles. The first-order chi connectivity index (χ1) is 11.8. The lowest BCUT2D eigenvalue weighted by Crippen LogP contribution is -2.31. The first-order valence-electron chi connectivity index (χ1n) is 7.71. The number of fused-ring (bicyclic) bond motifs is 1. The van der Waals surface area contributed by atoms with Crippen molar-refractivity contribution in [3.05, 3.63) is 60.2 Å². The van der Waals surface area contributed by atoms with Crippen LogP contribution in [0.1, 0.15) is 5.56 Å². The fraction of sp³-hybridized carbons (Fsp3) is 0.211. The highest BCUT2D eigenvalue weighted by molar-refractivity contribution is 7.98. The summed E-state index contributed by atoms with van der Waals surface area (Å²) in [5.41, 5.74) is 1.82. The van der Waals surface area contributed by atoms with Gasteiger partial charge < -0.3 is 14.4 Å². The van der Waals surface area contributed by atoms with Crippen molar-refractivity contribution in [2.75, 3.05) is 30.2 Å². The molecule has 0 fully saturated rings. The molecule has 24 heavy (non-hydrogen) atoms. The number of hydrogen-bond donors (Lipinski definition) is 0. The van der Waals surface area contributed by atoms with Gasteiger partial charge in [0.2, 0.25) is 6.79 Å². The third-order valence-corrected chi connectivity index (χ3v) is 4.26. The summed E-state index contributed by atoms with van der Waals surface area (Å²) in [4.78, 5) is 14.4. The normalized spacial score (nSPS) is 12.5. The number of nitrogens with zero attached hydrogens (tertiary/aromatic N) is 1. The first kappa shape index (κ1) is 16.5. The van der Waals surface area contributed by atoms with Gasteiger partial charge >= 0.3 is 0 Å². The summed E-state index contributed by atoms with van der Waals surface area (Å²) in [6, 6.07) is 15.4. The van der Waals surface area contributed by atoms with E-state index in [9.17, 15) is 4.79 Å². The summed E-state index contributed by atoms with van der Waals surface area (Å²) in [5, 5.41) is 0. The lowest BCUT2D eigenvalue weighted by atomic mass is 10.2. The van der Waals surface area contributed by atoms with Crippen LogP contribution in [0.25, 0.3) is 6.08 Å². The fourth-order valence-electron chi connectivity index (χ4n) is 2.43. The van der Waals surface area contributed by atoms with Crippen LogP contribution in [0.5, 0.6) is 11.5 Å². The molecule has 0 radical (unpaired) electrons. The van der Waals surface area contributed by atoms with E-state index in [1.165, 1.54) is 0 Å². The molecule has 124 valence electrons. The van der Waals surface area contributed by atoms with Crippen LogP contribution >= 0.6 is 11.8 Å². The standard InChI is InChI=1S/C19H19NO3S/c1-24-12-11-20(16-5-3-2-4-6-16)19(21)10-8-15-7-9-17-18(13-15)23-14-22-17/h2-10,13H,11-12,14H2,1H3/b10-8+. The summed E-state index contributed by atoms with van der Waals surface area (Å²) in [6.45, 7) is 0.924. The van der Waals surface area contributed by atoms with Gasteiger partial charge in [-0.15, -0.1) is 0 Å². The lowest BCUT2D eigenvalue weighted by molar-refractivity contribution is -0.114. The number of benzene rings is 2. The van der Waals surface area contributed by atoms with E-state index in [2.05, 4.69) is 0 Å². The molecule has 1 heterocycles. The Morgan fingerprint density at radius 2 is 1.96 bits per heavy atom. The van der Waals surface area contributed by atoms with E-state index in [0.29, 0.717) is 12.3 Å². The van der Waals surface area contributed by atoms with E-state index >= 15 is 0 Å². The highest BCUT2D eigenvalue weighted by Gasteiger charge is 2.14. The van der Waals surface area contributed by atoms with E-state index < -0.39 is 0 Å². The molecule has 0 aliphatic carbocycles. The van der Waals surface area contributed by atoms with E-state index in [-0.39, 0.29) is 12.7 Å². The topological polar surface area (TPSA) is 38.8 Å². The summed E-state index contributed by atoms with van der Waals surface area (Å²) in [6.07, 6.45) is 5.44. The van der Waals surface area contributed by atoms with Gasteiger partial charge in [0.25, 0.3) is 5.91 Å². The number of ether oxygens (including phenoxy) is 2. The van der Waals surface area contributed by atoms with Crippen LogP contribution in [-0.4, -0.2) is 31.3 Å². The predicted octanol–water partition coefficient (Wildman–Crippen LogP) is 3.82. The second kappa shape index (κ2) is 7.93. The van der Waals surface area contributed by atoms with Gasteiger partial charge in [0.05, 0.1) is 0 Å². The summed E-state index contributed by atoms with van der Waals surface area (Å²) >= 11 is 1.72. The Hall–Kier alpha value is -2.40. The van der Waals surface area contributed by atoms with Crippen molar-refractivity contribution in [3.63, 3.8) is 0 Å². The van der Waals surface area contributed by atoms with Crippen molar-refractivity contribution in [2.24, 2.45) is 0 Å². The number of thioether (sulfide) groups is 1. The highest BCUT2D eigenvalue weighted by Crippen LogP contribution is 2.32. The van der Waals surface area contributed by atoms with Gasteiger partial charge in [-0.3, -0.25) is 4.79 Å². The van der Waals surface area contributed by atoms with Crippen LogP contribution in [0.3, 0.4) is 0 Å². The SMILES string of the molecule is CSCCN(C(=O)/C=C/c1ccc2c(c1)OCO2)c1ccccc1. The van der Waals surface area contributed by atoms with Crippen molar-refractivity contribution >= 4 is 29.4 Å². The van der Waals surface area contributed by atoms with Crippen molar-refractivity contribution < 1.29 is 14.3 Å². The monoisotopic (exact) mass is 341 g/mol. The molecule has 2 aromatic carbocycles. The summed E-state index contributed by atoms with van der Waals surface area (Å²) in [5.74, 6) is 2.31. The van der Waals surface area contributed by atoms with Gasteiger partial charge in [-0.05, 0) is 42.2 Å². The predicted molar refractivity (Wildman–Crippen MR) is 98.8 cm³/mol. The molecule has 0 saturated heterocycles. The molecule has 1 amide bonds. The van der Waals surface area contributed by atoms with Crippen LogP contribution in [0.4, 0.5) is 5.69 Å². The molecule has 0 atom stereocenters. The van der Waals surface area contributed by atoms with Gasteiger partial charge in [-0.1, -0.05) is 24.3 Å². The van der Waals surface area contributed by atoms with Gasteiger partial charge in [0.1, 0.15) is 0 Å². The molecular formula is C19H19NO3S. The quantitative estimate of drug-likeness (QED) is 0.749. The Morgan fingerprint density at radius 3 is 2.75 bits per heavy atom. The molecule has 0 spiro atoms. The maximum Gasteiger partial charge on any atom is 0.251 e. The van der Waals surface area contributed by atoms with Crippen LogP contribution in [0.2, 0.25) is 0 Å². The smallest absolute Gasteiger partial charge is 0.251 e. The molecule has 2 aromatic rings. The molecule has 1 aliphatic rings. The molecular weight excluding hydrogens is 322 g/mol. The van der Waals surface area contributed by atoms with Crippen molar-refractivity contribution in [2.45, 2.75) is 0 Å². The Kier molecular flexibility index (Phi) is 5.43. The number of amides is 1. The fourth-order valence-corrected chi connectivity index (χ4v) is 2.80. The van der Waals surface area contributed by atoms with E-state index in [4.69, 9.17) is 9.47 Å². The van der Waals surface area contributed by atoms with E-state index in [1.54, 1.807) is 28.8 Å². The number of rotatable bonds is 6. The second-order valence-electron chi connectivity index (χ2n) is 5.26. The maximum absolute atomic E-state index is 12.6. The molecule has 3 rings (SSSR count). The molecule has 0 saturated carbocycles. The zero-order valence-corrected chi connectivity index (χ0v) is 14.3. The third-order valence-electron chi connectivity index (χ3n) is 3.67. The molecule has 0 bridgehead atoms. The Labute approximate surface area is 146 Å². The average Bonchev–Trinajstić information content (AvgIpc) is 3.09. The zero-order valence-electron chi connectivity index (χ0n) is 13.5. The van der Waals surface area contributed by atoms with Crippen molar-refractivity contribution in [1.29, 1.82) is 0 Å². The van der Waals surface area contributed by atoms with Crippen molar-refractivity contribution in [3.8, 4) is 11.5 Å². The highest BCUT2D eigenvalue weighted by atomic mass is 32.2. The van der Waals surface area contributed by atoms with Gasteiger partial charge in [0, 0.05) is 24.1 Å². The lowest BCUT2D eigenvalue weighted by Gasteiger charge is -2.21. The minimum atomic E-state index is -0.0343. The molecule has 0 aromatic heterocycles. The number of hydrogen-bond acceptors (Lipinski definition) is 4. The third kappa shape index (κ3) is 3.92. The molecule has 0 N–H and O–H groups in total. The van der Waals surface area contributed by atoms with Crippen LogP contribution in [-0.2, 0) is 4.79 Å². The first-order valence-corrected chi connectivity index (χ1v) is 9.10. The zero-order chi connectivity index (χ0) is 16.8. The number of carbonyl (C=O) groups excluding carboxylic acids is 1. The Morgan fingerprint density at radius 1 is 1.17 bits per heavy atom. The maximum atomic E-state index is 12.6. The van der Waals surface area contributed by atoms with Gasteiger partial charge in [0.15, 0.2) is 11.5 Å². The van der Waals surface area contributed by atoms with Crippen LogP contribution in [0.15, 0.2) is 54.6 Å². The van der Waals surface area contributed by atoms with Crippen LogP contribution in [0, 0.1) is 0 Å². The van der Waals surface area contributed by atoms with E-state index in [0.717, 1.165) is 22.8 Å². The van der Waals surface area contributed by atoms with Crippen molar-refractivity contribution in [1.82, 2.24) is 0 Å². The summed E-state index contributed by atoms with van der Waals surface area (Å²) in [7, 11) is 0. The Bertz CT molecular complexity index is 731. The molecule has 4 nitrogen and oxygen atoms in total. The van der Waals surface area contributed by atoms with Crippen LogP contribution < -0.4 is 14.4 Å². The largest absolute Gasteiger partial charge is 0.454 e. The molecule has 5 heteroatoms. The summed E-state index contributed by atoms with van der Waals surface area (Å²) < 4.78 is 10.7. The minimum absolute atomic E-state index is 0.0343. The van der Waals surface area contributed by atoms with Gasteiger partial charge in [-0.2, -0.15) is 11.8 Å². The molecule has 0 unspecified atom stereocenters. The second-order valence-corrected chi connectivity index (χ2v) is 6.25. The Balaban J connectivity index is 1.75.